The number of carboxylic acids is 1. The molecule has 0 aromatic heterocycles. The van der Waals surface area contributed by atoms with Gasteiger partial charge in [0.25, 0.3) is 0 Å². The zero-order valence-electron chi connectivity index (χ0n) is 5.26. The summed E-state index contributed by atoms with van der Waals surface area (Å²) in [6.45, 7) is 0.989. The standard InChI is InChI=1S/C6H11NO2/c8-6(9)4-7-3-5-1-2-5/h5,7H,1-4H2,(H,8,9). The van der Waals surface area contributed by atoms with Gasteiger partial charge in [-0.05, 0) is 25.3 Å². The summed E-state index contributed by atoms with van der Waals surface area (Å²) in [5.41, 5.74) is 0. The van der Waals surface area contributed by atoms with Gasteiger partial charge in [-0.2, -0.15) is 0 Å². The van der Waals surface area contributed by atoms with E-state index in [0.717, 1.165) is 12.5 Å². The van der Waals surface area contributed by atoms with Crippen LogP contribution in [0.2, 0.25) is 0 Å². The summed E-state index contributed by atoms with van der Waals surface area (Å²) >= 11 is 0. The fraction of sp³-hybridized carbons (Fsp3) is 0.833. The SMILES string of the molecule is O=C(O)CNCC1CC1. The molecule has 1 rings (SSSR count). The van der Waals surface area contributed by atoms with Gasteiger partial charge in [-0.15, -0.1) is 0 Å². The Morgan fingerprint density at radius 2 is 2.33 bits per heavy atom. The summed E-state index contributed by atoms with van der Waals surface area (Å²) in [6, 6.07) is 0. The summed E-state index contributed by atoms with van der Waals surface area (Å²) in [5.74, 6) is -0.000000000000000222. The van der Waals surface area contributed by atoms with Crippen LogP contribution < -0.4 is 5.32 Å². The highest BCUT2D eigenvalue weighted by atomic mass is 16.4. The molecule has 0 aliphatic heterocycles. The molecule has 0 aromatic carbocycles. The molecule has 1 fully saturated rings. The Hall–Kier alpha value is -0.570. The van der Waals surface area contributed by atoms with Crippen LogP contribution in [0.5, 0.6) is 0 Å². The highest BCUT2D eigenvalue weighted by Crippen LogP contribution is 2.27. The van der Waals surface area contributed by atoms with Gasteiger partial charge in [0, 0.05) is 0 Å². The first-order chi connectivity index (χ1) is 4.29. The summed E-state index contributed by atoms with van der Waals surface area (Å²) in [4.78, 5) is 9.94. The van der Waals surface area contributed by atoms with Crippen molar-refractivity contribution in [3.05, 3.63) is 0 Å². The van der Waals surface area contributed by atoms with Gasteiger partial charge in [-0.1, -0.05) is 0 Å². The molecule has 3 heteroatoms. The Morgan fingerprint density at radius 1 is 1.67 bits per heavy atom. The maximum absolute atomic E-state index is 9.94. The minimum atomic E-state index is -0.768. The number of rotatable bonds is 4. The van der Waals surface area contributed by atoms with E-state index in [0.29, 0.717) is 0 Å². The van der Waals surface area contributed by atoms with Crippen molar-refractivity contribution in [3.63, 3.8) is 0 Å². The van der Waals surface area contributed by atoms with Crippen LogP contribution in [-0.4, -0.2) is 24.2 Å². The molecule has 9 heavy (non-hydrogen) atoms. The molecular formula is C6H11NO2. The van der Waals surface area contributed by atoms with Gasteiger partial charge in [0.2, 0.25) is 0 Å². The van der Waals surface area contributed by atoms with Gasteiger partial charge >= 0.3 is 5.97 Å². The molecule has 52 valence electrons. The molecule has 0 saturated heterocycles. The minimum Gasteiger partial charge on any atom is -0.480 e. The van der Waals surface area contributed by atoms with Crippen molar-refractivity contribution in [1.82, 2.24) is 5.32 Å². The van der Waals surface area contributed by atoms with Crippen LogP contribution in [0.4, 0.5) is 0 Å². The topological polar surface area (TPSA) is 49.3 Å². The quantitative estimate of drug-likeness (QED) is 0.564. The third kappa shape index (κ3) is 3.08. The van der Waals surface area contributed by atoms with E-state index >= 15 is 0 Å². The van der Waals surface area contributed by atoms with Crippen molar-refractivity contribution in [2.24, 2.45) is 5.92 Å². The summed E-state index contributed by atoms with van der Waals surface area (Å²) in [6.07, 6.45) is 2.54. The molecule has 0 spiro atoms. The predicted octanol–water partition coefficient (Wildman–Crippen LogP) is 0.0706. The molecule has 1 aliphatic carbocycles. The fourth-order valence-corrected chi connectivity index (χ4v) is 0.705. The van der Waals surface area contributed by atoms with Gasteiger partial charge in [-0.25, -0.2) is 0 Å². The molecule has 0 bridgehead atoms. The Morgan fingerprint density at radius 3 is 2.78 bits per heavy atom. The number of hydrogen-bond donors (Lipinski definition) is 2. The minimum absolute atomic E-state index is 0.108. The van der Waals surface area contributed by atoms with Gasteiger partial charge in [0.1, 0.15) is 0 Å². The molecular weight excluding hydrogens is 118 g/mol. The molecule has 0 heterocycles. The van der Waals surface area contributed by atoms with Gasteiger partial charge < -0.3 is 10.4 Å². The smallest absolute Gasteiger partial charge is 0.317 e. The van der Waals surface area contributed by atoms with E-state index in [1.54, 1.807) is 0 Å². The van der Waals surface area contributed by atoms with E-state index in [1.165, 1.54) is 12.8 Å². The first-order valence-corrected chi connectivity index (χ1v) is 3.21. The Labute approximate surface area is 54.1 Å². The third-order valence-corrected chi connectivity index (χ3v) is 1.41. The maximum atomic E-state index is 9.94. The lowest BCUT2D eigenvalue weighted by Gasteiger charge is -1.96. The average molecular weight is 129 g/mol. The molecule has 3 nitrogen and oxygen atoms in total. The monoisotopic (exact) mass is 129 g/mol. The predicted molar refractivity (Wildman–Crippen MR) is 33.2 cm³/mol. The van der Waals surface area contributed by atoms with Gasteiger partial charge in [0.05, 0.1) is 6.54 Å². The number of carboxylic acid groups (broad SMARTS) is 1. The second kappa shape index (κ2) is 2.82. The van der Waals surface area contributed by atoms with E-state index in [-0.39, 0.29) is 6.54 Å². The lowest BCUT2D eigenvalue weighted by molar-refractivity contribution is -0.135. The largest absolute Gasteiger partial charge is 0.480 e. The number of nitrogens with one attached hydrogen (secondary N) is 1. The Balaban J connectivity index is 1.86. The molecule has 2 N–H and O–H groups in total. The van der Waals surface area contributed by atoms with Crippen molar-refractivity contribution in [1.29, 1.82) is 0 Å². The maximum Gasteiger partial charge on any atom is 0.317 e. The molecule has 1 aliphatic rings. The van der Waals surface area contributed by atoms with E-state index in [9.17, 15) is 4.79 Å². The van der Waals surface area contributed by atoms with E-state index < -0.39 is 5.97 Å². The average Bonchev–Trinajstić information content (AvgIpc) is 2.48. The summed E-state index contributed by atoms with van der Waals surface area (Å²) < 4.78 is 0. The van der Waals surface area contributed by atoms with Crippen molar-refractivity contribution in [2.75, 3.05) is 13.1 Å². The van der Waals surface area contributed by atoms with Crippen LogP contribution in [0.25, 0.3) is 0 Å². The molecule has 0 atom stereocenters. The highest BCUT2D eigenvalue weighted by molar-refractivity contribution is 5.68. The molecule has 0 amide bonds. The lowest BCUT2D eigenvalue weighted by atomic mass is 10.4. The Bertz CT molecular complexity index is 110. The van der Waals surface area contributed by atoms with Crippen molar-refractivity contribution >= 4 is 5.97 Å². The van der Waals surface area contributed by atoms with E-state index in [4.69, 9.17) is 5.11 Å². The molecule has 0 radical (unpaired) electrons. The number of carbonyl (C=O) groups is 1. The number of hydrogen-bond acceptors (Lipinski definition) is 2. The second-order valence-corrected chi connectivity index (χ2v) is 2.47. The zero-order valence-corrected chi connectivity index (χ0v) is 5.26. The summed E-state index contributed by atoms with van der Waals surface area (Å²) in [7, 11) is 0. The van der Waals surface area contributed by atoms with Gasteiger partial charge in [0.15, 0.2) is 0 Å². The highest BCUT2D eigenvalue weighted by Gasteiger charge is 2.20. The fourth-order valence-electron chi connectivity index (χ4n) is 0.705. The number of aliphatic carboxylic acids is 1. The lowest BCUT2D eigenvalue weighted by Crippen LogP contribution is -2.24. The zero-order chi connectivity index (χ0) is 6.69. The second-order valence-electron chi connectivity index (χ2n) is 2.47. The first kappa shape index (κ1) is 6.55. The van der Waals surface area contributed by atoms with Crippen molar-refractivity contribution in [2.45, 2.75) is 12.8 Å². The first-order valence-electron chi connectivity index (χ1n) is 3.21. The summed E-state index contributed by atoms with van der Waals surface area (Å²) in [5, 5.41) is 11.0. The van der Waals surface area contributed by atoms with Gasteiger partial charge in [-0.3, -0.25) is 4.79 Å². The van der Waals surface area contributed by atoms with Crippen LogP contribution in [0, 0.1) is 5.92 Å². The van der Waals surface area contributed by atoms with Crippen LogP contribution in [-0.2, 0) is 4.79 Å². The van der Waals surface area contributed by atoms with E-state index in [1.807, 2.05) is 0 Å². The van der Waals surface area contributed by atoms with E-state index in [2.05, 4.69) is 5.32 Å². The molecule has 1 saturated carbocycles. The Kier molecular flexibility index (Phi) is 2.05. The molecule has 0 aromatic rings. The van der Waals surface area contributed by atoms with Crippen LogP contribution in [0.3, 0.4) is 0 Å². The van der Waals surface area contributed by atoms with Crippen molar-refractivity contribution in [3.8, 4) is 0 Å². The van der Waals surface area contributed by atoms with Crippen LogP contribution in [0.15, 0.2) is 0 Å². The normalized spacial score (nSPS) is 17.8. The molecule has 0 unspecified atom stereocenters. The van der Waals surface area contributed by atoms with Crippen LogP contribution >= 0.6 is 0 Å². The third-order valence-electron chi connectivity index (χ3n) is 1.41. The van der Waals surface area contributed by atoms with Crippen LogP contribution in [0.1, 0.15) is 12.8 Å². The van der Waals surface area contributed by atoms with Crippen molar-refractivity contribution < 1.29 is 9.90 Å².